The Hall–Kier alpha value is -3.43. The molecule has 3 aliphatic heterocycles. The minimum atomic E-state index is -4.61. The van der Waals surface area contributed by atoms with Crippen LogP contribution in [-0.2, 0) is 48.5 Å². The Morgan fingerprint density at radius 2 is 1.64 bits per heavy atom. The Bertz CT molecular complexity index is 1930. The second kappa shape index (κ2) is 11.1. The molecule has 0 saturated carbocycles. The van der Waals surface area contributed by atoms with E-state index < -0.39 is 70.5 Å². The van der Waals surface area contributed by atoms with Gasteiger partial charge in [0.15, 0.2) is 40.7 Å². The molecule has 4 aromatic rings. The number of aliphatic hydroxyl groups excluding tert-OH is 1. The van der Waals surface area contributed by atoms with Crippen molar-refractivity contribution in [1.82, 2.24) is 39.0 Å². The lowest BCUT2D eigenvalue weighted by Crippen LogP contribution is -2.35. The molecule has 0 spiro atoms. The molecule has 3 aliphatic rings. The van der Waals surface area contributed by atoms with E-state index >= 15 is 4.39 Å². The molecule has 20 nitrogen and oxygen atoms in total. The molecule has 240 valence electrons. The van der Waals surface area contributed by atoms with Crippen molar-refractivity contribution in [3.63, 3.8) is 0 Å². The molecular weight excluding hydrogens is 665 g/mol. The van der Waals surface area contributed by atoms with Crippen LogP contribution in [0.4, 0.5) is 16.0 Å². The smallest absolute Gasteiger partial charge is 0.465 e. The molecule has 8 atom stereocenters. The summed E-state index contributed by atoms with van der Waals surface area (Å²) < 4.78 is 71.2. The summed E-state index contributed by atoms with van der Waals surface area (Å²) in [5.74, 6) is -0.887. The van der Waals surface area contributed by atoms with E-state index in [-0.39, 0.29) is 39.7 Å². The van der Waals surface area contributed by atoms with Gasteiger partial charge in [-0.2, -0.15) is 0 Å². The van der Waals surface area contributed by atoms with Crippen LogP contribution in [0.25, 0.3) is 22.3 Å². The molecule has 45 heavy (non-hydrogen) atoms. The van der Waals surface area contributed by atoms with Crippen molar-refractivity contribution in [1.29, 1.82) is 0 Å². The maximum absolute atomic E-state index is 16.1. The first-order valence-corrected chi connectivity index (χ1v) is 16.9. The number of aliphatic hydroxyl groups is 1. The molecule has 2 bridgehead atoms. The maximum atomic E-state index is 16.1. The summed E-state index contributed by atoms with van der Waals surface area (Å²) in [6.45, 7) is -5.62. The quantitative estimate of drug-likeness (QED) is 0.215. The van der Waals surface area contributed by atoms with E-state index in [1.807, 2.05) is 0 Å². The van der Waals surface area contributed by atoms with Gasteiger partial charge in [0.05, 0.1) is 12.9 Å². The number of phosphoric ester groups is 1. The van der Waals surface area contributed by atoms with Crippen LogP contribution < -0.4 is 11.5 Å². The summed E-state index contributed by atoms with van der Waals surface area (Å²) in [6.07, 6.45) is -4.24. The molecule has 7 rings (SSSR count). The van der Waals surface area contributed by atoms with Gasteiger partial charge in [-0.3, -0.25) is 22.7 Å². The third-order valence-electron chi connectivity index (χ3n) is 7.12. The summed E-state index contributed by atoms with van der Waals surface area (Å²) >= 11 is 5.23. The van der Waals surface area contributed by atoms with E-state index in [0.29, 0.717) is 0 Å². The lowest BCUT2D eigenvalue weighted by Gasteiger charge is -2.26. The topological polar surface area (TPSA) is 261 Å². The highest BCUT2D eigenvalue weighted by Gasteiger charge is 2.51. The zero-order valence-electron chi connectivity index (χ0n) is 22.8. The van der Waals surface area contributed by atoms with Crippen LogP contribution in [0.15, 0.2) is 36.8 Å². The molecule has 8 unspecified atom stereocenters. The largest absolute Gasteiger partial charge is 0.529 e. The number of phosphoric acid groups is 1. The number of halogens is 1. The molecule has 1 fully saturated rings. The van der Waals surface area contributed by atoms with Gasteiger partial charge in [-0.15, -0.1) is 0 Å². The van der Waals surface area contributed by atoms with Gasteiger partial charge < -0.3 is 40.0 Å². The number of aromatic nitrogens is 8. The van der Waals surface area contributed by atoms with Crippen molar-refractivity contribution in [2.75, 3.05) is 31.8 Å². The van der Waals surface area contributed by atoms with Crippen LogP contribution in [0, 0.1) is 0 Å². The number of ether oxygens (including phenoxy) is 2. The van der Waals surface area contributed by atoms with Crippen LogP contribution in [0.5, 0.6) is 0 Å². The normalized spacial score (nSPS) is 34.1. The molecule has 1 saturated heterocycles. The van der Waals surface area contributed by atoms with Crippen LogP contribution >= 0.6 is 14.5 Å². The number of nitrogens with two attached hydrogens (primary N) is 2. The lowest BCUT2D eigenvalue weighted by molar-refractivity contribution is -0.0506. The van der Waals surface area contributed by atoms with E-state index in [1.165, 1.54) is 28.1 Å². The van der Waals surface area contributed by atoms with Crippen molar-refractivity contribution in [3.8, 4) is 0 Å². The van der Waals surface area contributed by atoms with Gasteiger partial charge in [0.1, 0.15) is 54.9 Å². The van der Waals surface area contributed by atoms with Gasteiger partial charge >= 0.3 is 14.5 Å². The van der Waals surface area contributed by atoms with Gasteiger partial charge in [0.2, 0.25) is 12.4 Å². The van der Waals surface area contributed by atoms with Crippen molar-refractivity contribution in [3.05, 3.63) is 36.8 Å². The van der Waals surface area contributed by atoms with Crippen molar-refractivity contribution >= 4 is 60.3 Å². The highest BCUT2D eigenvalue weighted by molar-refractivity contribution is 8.07. The number of alkyl halides is 1. The molecule has 0 aliphatic carbocycles. The monoisotopic (exact) mass is 688 g/mol. The number of fused-ring (bicyclic) bond motifs is 4. The zero-order chi connectivity index (χ0) is 31.7. The first-order valence-electron chi connectivity index (χ1n) is 12.9. The van der Waals surface area contributed by atoms with E-state index in [1.54, 1.807) is 0 Å². The molecule has 0 aromatic carbocycles. The van der Waals surface area contributed by atoms with Crippen molar-refractivity contribution in [2.45, 2.75) is 36.9 Å². The third kappa shape index (κ3) is 5.22. The summed E-state index contributed by atoms with van der Waals surface area (Å²) in [4.78, 5) is 35.4. The number of nitrogens with zero attached hydrogens (tertiary/aromatic N) is 8. The highest BCUT2D eigenvalue weighted by Crippen LogP contribution is 2.57. The fourth-order valence-corrected chi connectivity index (χ4v) is 7.32. The summed E-state index contributed by atoms with van der Waals surface area (Å²) in [6, 6.07) is 0. The number of rotatable bonds is 3. The standard InChI is InChI=1S/C21H23FN10O10P2S/c1-36-43(34)37-2-8-13(33)15(21(39-8)32-7-30-12-17(24)26-5-28-19(12)32)42-44(35,45)38-3-9-14(41-43)10(22)20(40-9)31-6-29-11-16(23)25-4-27-18(11)31/h4-8,10,13,15,20-21,33H,2-3H2,1H3,(H,35,45)(H2,23,25,27)(H2,24,26,28). The van der Waals surface area contributed by atoms with E-state index in [9.17, 15) is 14.6 Å². The SMILES string of the molecule is COP1(=O)OCC2OC(n3cnc4c(N)ncnc43)C(OP(O)(=S)OCC3=C(O1)C(F)C(n1cnc4c(N)ncnc41)O3)C2O. The Kier molecular flexibility index (Phi) is 7.47. The minimum absolute atomic E-state index is 0.0435. The number of hydrogen-bond acceptors (Lipinski definition) is 18. The molecule has 24 heteroatoms. The van der Waals surface area contributed by atoms with E-state index in [2.05, 4.69) is 29.9 Å². The summed E-state index contributed by atoms with van der Waals surface area (Å²) in [7, 11) is -3.61. The average Bonchev–Trinajstić information content (AvgIpc) is 3.77. The first-order chi connectivity index (χ1) is 21.5. The molecule has 6 N–H and O–H groups in total. The van der Waals surface area contributed by atoms with Crippen LogP contribution in [-0.4, -0.2) is 93.8 Å². The third-order valence-corrected chi connectivity index (χ3v) is 9.99. The molecule has 7 heterocycles. The van der Waals surface area contributed by atoms with Gasteiger partial charge in [-0.1, -0.05) is 0 Å². The van der Waals surface area contributed by atoms with Gasteiger partial charge in [-0.25, -0.2) is 38.9 Å². The summed E-state index contributed by atoms with van der Waals surface area (Å²) in [5, 5.41) is 11.2. The van der Waals surface area contributed by atoms with E-state index in [0.717, 1.165) is 13.4 Å². The predicted octanol–water partition coefficient (Wildman–Crippen LogP) is 0.587. The maximum Gasteiger partial charge on any atom is 0.529 e. The number of imidazole rings is 2. The number of anilines is 2. The molecule has 4 aromatic heterocycles. The van der Waals surface area contributed by atoms with Crippen LogP contribution in [0.2, 0.25) is 0 Å². The summed E-state index contributed by atoms with van der Waals surface area (Å²) in [5.41, 5.74) is 12.5. The first kappa shape index (κ1) is 30.2. The van der Waals surface area contributed by atoms with E-state index in [4.69, 9.17) is 55.4 Å². The van der Waals surface area contributed by atoms with Gasteiger partial charge in [0, 0.05) is 7.11 Å². The Morgan fingerprint density at radius 1 is 1.02 bits per heavy atom. The predicted molar refractivity (Wildman–Crippen MR) is 150 cm³/mol. The fourth-order valence-electron chi connectivity index (χ4n) is 4.98. The highest BCUT2D eigenvalue weighted by atomic mass is 32.5. The fraction of sp³-hybridized carbons (Fsp3) is 0.429. The zero-order valence-corrected chi connectivity index (χ0v) is 25.4. The van der Waals surface area contributed by atoms with Crippen molar-refractivity contribution < 1.29 is 51.0 Å². The minimum Gasteiger partial charge on any atom is -0.465 e. The molecular formula is C21H23FN10O10P2S. The lowest BCUT2D eigenvalue weighted by atomic mass is 10.1. The van der Waals surface area contributed by atoms with Crippen molar-refractivity contribution in [2.24, 2.45) is 0 Å². The molecule has 0 amide bonds. The number of nitrogen functional groups attached to an aromatic ring is 2. The van der Waals surface area contributed by atoms with Gasteiger partial charge in [0.25, 0.3) is 0 Å². The van der Waals surface area contributed by atoms with Crippen LogP contribution in [0.1, 0.15) is 12.5 Å². The van der Waals surface area contributed by atoms with Gasteiger partial charge in [-0.05, 0) is 11.8 Å². The second-order valence-corrected chi connectivity index (χ2v) is 14.2. The second-order valence-electron chi connectivity index (χ2n) is 9.75. The number of hydrogen-bond donors (Lipinski definition) is 4. The Balaban J connectivity index is 1.23. The van der Waals surface area contributed by atoms with Crippen LogP contribution in [0.3, 0.4) is 0 Å². The average molecular weight is 688 g/mol. The Morgan fingerprint density at radius 3 is 2.27 bits per heavy atom. The Labute approximate surface area is 255 Å². The molecule has 0 radical (unpaired) electrons.